The summed E-state index contributed by atoms with van der Waals surface area (Å²) in [5.41, 5.74) is 1.30. The Labute approximate surface area is 133 Å². The predicted octanol–water partition coefficient (Wildman–Crippen LogP) is 2.17. The van der Waals surface area contributed by atoms with E-state index in [1.54, 1.807) is 12.4 Å². The standard InChI is InChI=1S/C16H19N3O2S/c20-11-16(5-1-2-6-16)19-14(21)8-13-10-22-15(18-13)12-4-3-7-17-9-12/h3-4,7,9-10,20H,1-2,5-6,8,11H2,(H,19,21). The highest BCUT2D eigenvalue weighted by molar-refractivity contribution is 7.13. The van der Waals surface area contributed by atoms with Gasteiger partial charge in [0, 0.05) is 23.3 Å². The molecule has 3 rings (SSSR count). The van der Waals surface area contributed by atoms with Crippen LogP contribution in [0.25, 0.3) is 10.6 Å². The lowest BCUT2D eigenvalue weighted by Gasteiger charge is -2.27. The minimum Gasteiger partial charge on any atom is -0.394 e. The molecule has 1 amide bonds. The maximum Gasteiger partial charge on any atom is 0.226 e. The number of aromatic nitrogens is 2. The summed E-state index contributed by atoms with van der Waals surface area (Å²) in [6, 6.07) is 3.82. The molecule has 2 aromatic rings. The highest BCUT2D eigenvalue weighted by atomic mass is 32.1. The molecule has 5 nitrogen and oxygen atoms in total. The van der Waals surface area contributed by atoms with Gasteiger partial charge in [-0.2, -0.15) is 0 Å². The normalized spacial score (nSPS) is 16.6. The van der Waals surface area contributed by atoms with Gasteiger partial charge in [0.15, 0.2) is 0 Å². The van der Waals surface area contributed by atoms with Crippen LogP contribution >= 0.6 is 11.3 Å². The number of carbonyl (C=O) groups is 1. The Kier molecular flexibility index (Phi) is 4.49. The second-order valence-corrected chi connectivity index (χ2v) is 6.61. The molecule has 0 aliphatic heterocycles. The van der Waals surface area contributed by atoms with Crippen LogP contribution < -0.4 is 5.32 Å². The quantitative estimate of drug-likeness (QED) is 0.886. The molecular formula is C16H19N3O2S. The maximum absolute atomic E-state index is 12.2. The summed E-state index contributed by atoms with van der Waals surface area (Å²) < 4.78 is 0. The fourth-order valence-electron chi connectivity index (χ4n) is 2.89. The van der Waals surface area contributed by atoms with Gasteiger partial charge in [-0.15, -0.1) is 11.3 Å². The molecule has 0 aromatic carbocycles. The molecular weight excluding hydrogens is 298 g/mol. The summed E-state index contributed by atoms with van der Waals surface area (Å²) in [6.45, 7) is 0.0107. The first-order valence-electron chi connectivity index (χ1n) is 7.47. The van der Waals surface area contributed by atoms with Crippen molar-refractivity contribution in [1.82, 2.24) is 15.3 Å². The first kappa shape index (κ1) is 15.1. The second kappa shape index (κ2) is 6.54. The molecule has 6 heteroatoms. The zero-order chi connectivity index (χ0) is 15.4. The van der Waals surface area contributed by atoms with Gasteiger partial charge in [-0.25, -0.2) is 4.98 Å². The Hall–Kier alpha value is -1.79. The Morgan fingerprint density at radius 3 is 2.91 bits per heavy atom. The van der Waals surface area contributed by atoms with Gasteiger partial charge in [0.2, 0.25) is 5.91 Å². The molecule has 0 radical (unpaired) electrons. The lowest BCUT2D eigenvalue weighted by Crippen LogP contribution is -2.49. The molecule has 0 unspecified atom stereocenters. The second-order valence-electron chi connectivity index (χ2n) is 5.76. The van der Waals surface area contributed by atoms with Crippen molar-refractivity contribution in [1.29, 1.82) is 0 Å². The molecule has 22 heavy (non-hydrogen) atoms. The van der Waals surface area contributed by atoms with Crippen LogP contribution in [0.1, 0.15) is 31.4 Å². The van der Waals surface area contributed by atoms with Crippen LogP contribution in [0.3, 0.4) is 0 Å². The number of pyridine rings is 1. The topological polar surface area (TPSA) is 75.1 Å². The molecule has 1 fully saturated rings. The predicted molar refractivity (Wildman–Crippen MR) is 85.5 cm³/mol. The van der Waals surface area contributed by atoms with E-state index in [0.29, 0.717) is 0 Å². The number of hydrogen-bond donors (Lipinski definition) is 2. The lowest BCUT2D eigenvalue weighted by molar-refractivity contribution is -0.123. The van der Waals surface area contributed by atoms with Gasteiger partial charge in [-0.05, 0) is 25.0 Å². The van der Waals surface area contributed by atoms with Gasteiger partial charge < -0.3 is 10.4 Å². The number of nitrogens with zero attached hydrogens (tertiary/aromatic N) is 2. The van der Waals surface area contributed by atoms with Crippen LogP contribution in [0.15, 0.2) is 29.9 Å². The Bertz CT molecular complexity index is 636. The fourth-order valence-corrected chi connectivity index (χ4v) is 3.70. The van der Waals surface area contributed by atoms with Crippen LogP contribution in [0.4, 0.5) is 0 Å². The molecule has 2 N–H and O–H groups in total. The summed E-state index contributed by atoms with van der Waals surface area (Å²) in [5, 5.41) is 15.3. The van der Waals surface area contributed by atoms with Gasteiger partial charge >= 0.3 is 0 Å². The molecule has 1 aliphatic carbocycles. The Morgan fingerprint density at radius 2 is 2.23 bits per heavy atom. The van der Waals surface area contributed by atoms with E-state index >= 15 is 0 Å². The summed E-state index contributed by atoms with van der Waals surface area (Å²) in [7, 11) is 0. The number of aliphatic hydroxyl groups excluding tert-OH is 1. The van der Waals surface area contributed by atoms with E-state index < -0.39 is 5.54 Å². The SMILES string of the molecule is O=C(Cc1csc(-c2cccnc2)n1)NC1(CO)CCCC1. The van der Waals surface area contributed by atoms with Gasteiger partial charge in [0.25, 0.3) is 0 Å². The number of nitrogens with one attached hydrogen (secondary N) is 1. The van der Waals surface area contributed by atoms with E-state index in [1.165, 1.54) is 11.3 Å². The number of hydrogen-bond acceptors (Lipinski definition) is 5. The third kappa shape index (κ3) is 3.34. The molecule has 0 bridgehead atoms. The fraction of sp³-hybridized carbons (Fsp3) is 0.438. The van der Waals surface area contributed by atoms with Crippen molar-refractivity contribution in [2.75, 3.05) is 6.61 Å². The summed E-state index contributed by atoms with van der Waals surface area (Å²) in [6.07, 6.45) is 7.56. The maximum atomic E-state index is 12.2. The van der Waals surface area contributed by atoms with Crippen LogP contribution in [0.5, 0.6) is 0 Å². The van der Waals surface area contributed by atoms with Crippen molar-refractivity contribution in [2.45, 2.75) is 37.6 Å². The van der Waals surface area contributed by atoms with E-state index in [4.69, 9.17) is 0 Å². The molecule has 0 spiro atoms. The van der Waals surface area contributed by atoms with Crippen molar-refractivity contribution in [3.63, 3.8) is 0 Å². The number of rotatable bonds is 5. The molecule has 1 saturated carbocycles. The molecule has 2 heterocycles. The van der Waals surface area contributed by atoms with Gasteiger partial charge in [-0.1, -0.05) is 12.8 Å². The molecule has 0 atom stereocenters. The smallest absolute Gasteiger partial charge is 0.226 e. The third-order valence-electron chi connectivity index (χ3n) is 4.07. The number of amides is 1. The highest BCUT2D eigenvalue weighted by Gasteiger charge is 2.34. The zero-order valence-corrected chi connectivity index (χ0v) is 13.1. The number of carbonyl (C=O) groups excluding carboxylic acids is 1. The molecule has 1 aliphatic rings. The van der Waals surface area contributed by atoms with Crippen molar-refractivity contribution in [2.24, 2.45) is 0 Å². The largest absolute Gasteiger partial charge is 0.394 e. The van der Waals surface area contributed by atoms with Crippen LogP contribution in [-0.4, -0.2) is 33.1 Å². The zero-order valence-electron chi connectivity index (χ0n) is 12.3. The molecule has 2 aromatic heterocycles. The van der Waals surface area contributed by atoms with Crippen LogP contribution in [-0.2, 0) is 11.2 Å². The van der Waals surface area contributed by atoms with Crippen LogP contribution in [0, 0.1) is 0 Å². The number of thiazole rings is 1. The van der Waals surface area contributed by atoms with Crippen molar-refractivity contribution in [3.05, 3.63) is 35.6 Å². The first-order valence-corrected chi connectivity index (χ1v) is 8.35. The minimum absolute atomic E-state index is 0.0107. The molecule has 0 saturated heterocycles. The average Bonchev–Trinajstić information content (AvgIpc) is 3.18. The van der Waals surface area contributed by atoms with E-state index in [1.807, 2.05) is 17.5 Å². The summed E-state index contributed by atoms with van der Waals surface area (Å²) in [4.78, 5) is 20.8. The average molecular weight is 317 g/mol. The molecule has 116 valence electrons. The van der Waals surface area contributed by atoms with E-state index in [-0.39, 0.29) is 18.9 Å². The Morgan fingerprint density at radius 1 is 1.41 bits per heavy atom. The van der Waals surface area contributed by atoms with E-state index in [9.17, 15) is 9.90 Å². The van der Waals surface area contributed by atoms with Gasteiger partial charge in [0.05, 0.1) is 24.3 Å². The monoisotopic (exact) mass is 317 g/mol. The van der Waals surface area contributed by atoms with Crippen molar-refractivity contribution < 1.29 is 9.90 Å². The van der Waals surface area contributed by atoms with Crippen molar-refractivity contribution in [3.8, 4) is 10.6 Å². The van der Waals surface area contributed by atoms with Gasteiger partial charge in [0.1, 0.15) is 5.01 Å². The first-order chi connectivity index (χ1) is 10.7. The minimum atomic E-state index is -0.417. The lowest BCUT2D eigenvalue weighted by atomic mass is 9.98. The van der Waals surface area contributed by atoms with Crippen molar-refractivity contribution >= 4 is 17.2 Å². The Balaban J connectivity index is 1.64. The van der Waals surface area contributed by atoms with E-state index in [2.05, 4.69) is 15.3 Å². The summed E-state index contributed by atoms with van der Waals surface area (Å²) in [5.74, 6) is -0.0704. The third-order valence-corrected chi connectivity index (χ3v) is 5.01. The van der Waals surface area contributed by atoms with Crippen LogP contribution in [0.2, 0.25) is 0 Å². The van der Waals surface area contributed by atoms with E-state index in [0.717, 1.165) is 41.9 Å². The summed E-state index contributed by atoms with van der Waals surface area (Å²) >= 11 is 1.51. The number of aliphatic hydroxyl groups is 1. The van der Waals surface area contributed by atoms with Gasteiger partial charge in [-0.3, -0.25) is 9.78 Å². The highest BCUT2D eigenvalue weighted by Crippen LogP contribution is 2.29.